The van der Waals surface area contributed by atoms with Crippen LogP contribution in [0, 0.1) is 5.92 Å². The van der Waals surface area contributed by atoms with Gasteiger partial charge in [-0.15, -0.1) is 0 Å². The van der Waals surface area contributed by atoms with E-state index in [4.69, 9.17) is 9.47 Å². The molecule has 6 heteroatoms. The Hall–Kier alpha value is -0.690. The minimum Gasteiger partial charge on any atom is -0.378 e. The molecule has 0 radical (unpaired) electrons. The molecule has 2 heterocycles. The minimum atomic E-state index is 0.127. The van der Waals surface area contributed by atoms with Crippen LogP contribution in [-0.4, -0.2) is 98.9 Å². The van der Waals surface area contributed by atoms with Crippen LogP contribution in [0.25, 0.3) is 0 Å². The summed E-state index contributed by atoms with van der Waals surface area (Å²) in [5.74, 6) is 0.409. The zero-order chi connectivity index (χ0) is 18.9. The summed E-state index contributed by atoms with van der Waals surface area (Å²) in [6, 6.07) is 0. The van der Waals surface area contributed by atoms with Crippen LogP contribution in [0.3, 0.4) is 0 Å². The number of ether oxygens (including phenoxy) is 2. The molecule has 2 unspecified atom stereocenters. The van der Waals surface area contributed by atoms with Crippen molar-refractivity contribution in [1.82, 2.24) is 14.7 Å². The number of nitrogens with zero attached hydrogens (tertiary/aromatic N) is 3. The second kappa shape index (κ2) is 11.2. The first kappa shape index (κ1) is 21.6. The summed E-state index contributed by atoms with van der Waals surface area (Å²) in [4.78, 5) is 19.3. The number of piperazine rings is 1. The Bertz CT molecular complexity index is 411. The third kappa shape index (κ3) is 7.51. The molecule has 2 saturated heterocycles. The van der Waals surface area contributed by atoms with Gasteiger partial charge in [-0.05, 0) is 47.1 Å². The van der Waals surface area contributed by atoms with E-state index >= 15 is 0 Å². The molecular formula is C20H39N3O3. The van der Waals surface area contributed by atoms with Crippen LogP contribution in [0.15, 0.2) is 0 Å². The molecule has 2 rings (SSSR count). The highest BCUT2D eigenvalue weighted by Crippen LogP contribution is 2.23. The Morgan fingerprint density at radius 2 is 1.73 bits per heavy atom. The Morgan fingerprint density at radius 3 is 2.42 bits per heavy atom. The van der Waals surface area contributed by atoms with Crippen LogP contribution in [0.2, 0.25) is 0 Å². The Balaban J connectivity index is 1.55. The lowest BCUT2D eigenvalue weighted by atomic mass is 10.0. The first-order chi connectivity index (χ1) is 12.5. The van der Waals surface area contributed by atoms with Gasteiger partial charge in [0.2, 0.25) is 5.91 Å². The number of hydrogen-bond acceptors (Lipinski definition) is 5. The molecule has 2 aliphatic heterocycles. The molecule has 0 N–H and O–H groups in total. The average molecular weight is 370 g/mol. The van der Waals surface area contributed by atoms with E-state index in [1.54, 1.807) is 0 Å². The third-order valence-corrected chi connectivity index (χ3v) is 5.45. The van der Waals surface area contributed by atoms with Crippen LogP contribution in [0.1, 0.15) is 40.0 Å². The lowest BCUT2D eigenvalue weighted by molar-refractivity contribution is -0.132. The van der Waals surface area contributed by atoms with Gasteiger partial charge in [0.25, 0.3) is 0 Å². The van der Waals surface area contributed by atoms with E-state index in [1.165, 1.54) is 26.2 Å². The fraction of sp³-hybridized carbons (Fsp3) is 0.950. The highest BCUT2D eigenvalue weighted by molar-refractivity contribution is 5.80. The van der Waals surface area contributed by atoms with Crippen molar-refractivity contribution in [2.45, 2.75) is 52.2 Å². The number of carbonyl (C=O) groups excluding carboxylic acids is 1. The van der Waals surface area contributed by atoms with Crippen LogP contribution >= 0.6 is 0 Å². The van der Waals surface area contributed by atoms with Crippen LogP contribution in [0.5, 0.6) is 0 Å². The van der Waals surface area contributed by atoms with Crippen molar-refractivity contribution in [1.29, 1.82) is 0 Å². The number of amides is 1. The largest absolute Gasteiger partial charge is 0.378 e. The van der Waals surface area contributed by atoms with Gasteiger partial charge in [-0.2, -0.15) is 0 Å². The summed E-state index contributed by atoms with van der Waals surface area (Å²) >= 11 is 0. The lowest BCUT2D eigenvalue weighted by Gasteiger charge is -2.32. The second-order valence-electron chi connectivity index (χ2n) is 8.15. The summed E-state index contributed by atoms with van der Waals surface area (Å²) < 4.78 is 11.5. The van der Waals surface area contributed by atoms with E-state index in [2.05, 4.69) is 23.8 Å². The van der Waals surface area contributed by atoms with Crippen molar-refractivity contribution in [3.05, 3.63) is 0 Å². The van der Waals surface area contributed by atoms with E-state index in [0.717, 1.165) is 39.0 Å². The number of rotatable bonds is 11. The second-order valence-corrected chi connectivity index (χ2v) is 8.15. The van der Waals surface area contributed by atoms with Crippen LogP contribution in [-0.2, 0) is 14.3 Å². The maximum absolute atomic E-state index is 12.5. The Morgan fingerprint density at radius 1 is 1.00 bits per heavy atom. The average Bonchev–Trinajstić information content (AvgIpc) is 2.93. The molecule has 0 aromatic carbocycles. The van der Waals surface area contributed by atoms with Crippen molar-refractivity contribution < 1.29 is 14.3 Å². The number of likely N-dealkylation sites (tertiary alicyclic amines) is 1. The monoisotopic (exact) mass is 369 g/mol. The molecule has 0 saturated carbocycles. The summed E-state index contributed by atoms with van der Waals surface area (Å²) in [7, 11) is 2.19. The van der Waals surface area contributed by atoms with Crippen molar-refractivity contribution in [2.24, 2.45) is 5.92 Å². The minimum absolute atomic E-state index is 0.127. The number of carbonyl (C=O) groups is 1. The fourth-order valence-corrected chi connectivity index (χ4v) is 3.76. The van der Waals surface area contributed by atoms with Gasteiger partial charge in [0, 0.05) is 58.3 Å². The summed E-state index contributed by atoms with van der Waals surface area (Å²) in [5.41, 5.74) is 0. The molecule has 0 bridgehead atoms. The maximum Gasteiger partial charge on any atom is 0.225 e. The van der Waals surface area contributed by atoms with Crippen molar-refractivity contribution in [2.75, 3.05) is 66.1 Å². The molecule has 6 nitrogen and oxygen atoms in total. The normalized spacial score (nSPS) is 24.0. The summed E-state index contributed by atoms with van der Waals surface area (Å²) in [6.45, 7) is 14.9. The SMILES string of the molecule is CC(C)OCCN1CCC(CC(C)OCCCN2CCN(C)CC2)C1=O. The van der Waals surface area contributed by atoms with Gasteiger partial charge >= 0.3 is 0 Å². The van der Waals surface area contributed by atoms with Gasteiger partial charge in [0.1, 0.15) is 0 Å². The van der Waals surface area contributed by atoms with Gasteiger partial charge in [0.15, 0.2) is 0 Å². The van der Waals surface area contributed by atoms with E-state index in [1.807, 2.05) is 18.7 Å². The highest BCUT2D eigenvalue weighted by Gasteiger charge is 2.32. The fourth-order valence-electron chi connectivity index (χ4n) is 3.76. The van der Waals surface area contributed by atoms with Crippen LogP contribution < -0.4 is 0 Å². The Labute approximate surface area is 159 Å². The third-order valence-electron chi connectivity index (χ3n) is 5.45. The van der Waals surface area contributed by atoms with E-state index in [0.29, 0.717) is 13.2 Å². The Kier molecular flexibility index (Phi) is 9.33. The predicted molar refractivity (Wildman–Crippen MR) is 104 cm³/mol. The van der Waals surface area contributed by atoms with Gasteiger partial charge in [-0.25, -0.2) is 0 Å². The van der Waals surface area contributed by atoms with Gasteiger partial charge in [-0.3, -0.25) is 4.79 Å². The van der Waals surface area contributed by atoms with E-state index < -0.39 is 0 Å². The number of likely N-dealkylation sites (N-methyl/N-ethyl adjacent to an activating group) is 1. The van der Waals surface area contributed by atoms with Gasteiger partial charge < -0.3 is 24.2 Å². The maximum atomic E-state index is 12.5. The topological polar surface area (TPSA) is 45.3 Å². The summed E-state index contributed by atoms with van der Waals surface area (Å²) in [6.07, 6.45) is 3.25. The number of hydrogen-bond donors (Lipinski definition) is 0. The molecule has 152 valence electrons. The molecule has 26 heavy (non-hydrogen) atoms. The van der Waals surface area contributed by atoms with Crippen LogP contribution in [0.4, 0.5) is 0 Å². The predicted octanol–water partition coefficient (Wildman–Crippen LogP) is 1.69. The van der Waals surface area contributed by atoms with E-state index in [-0.39, 0.29) is 24.0 Å². The molecule has 0 aromatic heterocycles. The van der Waals surface area contributed by atoms with Crippen molar-refractivity contribution in [3.8, 4) is 0 Å². The van der Waals surface area contributed by atoms with E-state index in [9.17, 15) is 4.79 Å². The molecule has 1 amide bonds. The summed E-state index contributed by atoms with van der Waals surface area (Å²) in [5, 5.41) is 0. The standard InChI is InChI=1S/C20H39N3O3/c1-17(2)25-15-13-23-8-6-19(20(23)24)16-18(3)26-14-5-7-22-11-9-21(4)10-12-22/h17-19H,5-16H2,1-4H3. The van der Waals surface area contributed by atoms with Crippen molar-refractivity contribution in [3.63, 3.8) is 0 Å². The molecule has 2 fully saturated rings. The van der Waals surface area contributed by atoms with Gasteiger partial charge in [0.05, 0.1) is 18.8 Å². The molecule has 0 spiro atoms. The highest BCUT2D eigenvalue weighted by atomic mass is 16.5. The molecular weight excluding hydrogens is 330 g/mol. The first-order valence-corrected chi connectivity index (χ1v) is 10.4. The zero-order valence-electron chi connectivity index (χ0n) is 17.3. The smallest absolute Gasteiger partial charge is 0.225 e. The van der Waals surface area contributed by atoms with Gasteiger partial charge in [-0.1, -0.05) is 0 Å². The molecule has 2 aliphatic rings. The molecule has 0 aromatic rings. The quantitative estimate of drug-likeness (QED) is 0.519. The lowest BCUT2D eigenvalue weighted by Crippen LogP contribution is -2.44. The molecule has 0 aliphatic carbocycles. The first-order valence-electron chi connectivity index (χ1n) is 10.4. The van der Waals surface area contributed by atoms with Crippen molar-refractivity contribution >= 4 is 5.91 Å². The molecule has 2 atom stereocenters. The zero-order valence-corrected chi connectivity index (χ0v) is 17.3.